The van der Waals surface area contributed by atoms with Crippen molar-refractivity contribution < 1.29 is 17.9 Å². The highest BCUT2D eigenvalue weighted by molar-refractivity contribution is 5.29. The highest BCUT2D eigenvalue weighted by Crippen LogP contribution is 2.30. The summed E-state index contributed by atoms with van der Waals surface area (Å²) in [4.78, 5) is 2.40. The molecular weight excluding hydrogens is 413 g/mol. The number of benzene rings is 2. The lowest BCUT2D eigenvalue weighted by molar-refractivity contribution is -0.137. The summed E-state index contributed by atoms with van der Waals surface area (Å²) in [5, 5.41) is 0. The first-order valence-electron chi connectivity index (χ1n) is 10.8. The summed E-state index contributed by atoms with van der Waals surface area (Å²) in [6.45, 7) is 8.46. The van der Waals surface area contributed by atoms with E-state index in [0.29, 0.717) is 30.6 Å². The second kappa shape index (κ2) is 10.3. The van der Waals surface area contributed by atoms with Crippen LogP contribution in [0.25, 0.3) is 0 Å². The average molecular weight is 445 g/mol. The maximum absolute atomic E-state index is 13.1. The van der Waals surface area contributed by atoms with E-state index in [4.69, 9.17) is 4.74 Å². The van der Waals surface area contributed by atoms with Gasteiger partial charge in [-0.25, -0.2) is 0 Å². The molecule has 172 valence electrons. The predicted octanol–water partition coefficient (Wildman–Crippen LogP) is 6.61. The third-order valence-electron chi connectivity index (χ3n) is 5.96. The third-order valence-corrected chi connectivity index (χ3v) is 5.96. The Morgan fingerprint density at radius 2 is 1.62 bits per heavy atom. The lowest BCUT2D eigenvalue weighted by Gasteiger charge is -2.32. The molecule has 0 aliphatic carbocycles. The van der Waals surface area contributed by atoms with E-state index in [0.717, 1.165) is 29.6 Å². The van der Waals surface area contributed by atoms with Gasteiger partial charge in [-0.3, -0.25) is 4.90 Å². The van der Waals surface area contributed by atoms with Crippen LogP contribution >= 0.6 is 0 Å². The summed E-state index contributed by atoms with van der Waals surface area (Å²) < 4.78 is 46.7. The molecule has 0 fully saturated rings. The molecule has 0 aliphatic heterocycles. The Bertz CT molecular complexity index is 1010. The van der Waals surface area contributed by atoms with Crippen molar-refractivity contribution >= 4 is 0 Å². The lowest BCUT2D eigenvalue weighted by Crippen LogP contribution is -2.36. The van der Waals surface area contributed by atoms with Gasteiger partial charge in [-0.1, -0.05) is 38.1 Å². The third kappa shape index (κ3) is 6.16. The lowest BCUT2D eigenvalue weighted by atomic mass is 10.0. The number of alkyl halides is 3. The van der Waals surface area contributed by atoms with Crippen molar-refractivity contribution in [3.63, 3.8) is 0 Å². The molecule has 3 rings (SSSR count). The van der Waals surface area contributed by atoms with Crippen molar-refractivity contribution in [2.45, 2.75) is 52.6 Å². The summed E-state index contributed by atoms with van der Waals surface area (Å²) in [7, 11) is 1.66. The quantitative estimate of drug-likeness (QED) is 0.369. The molecule has 1 heterocycles. The molecule has 3 nitrogen and oxygen atoms in total. The first kappa shape index (κ1) is 23.9. The Hall–Kier alpha value is -2.73. The van der Waals surface area contributed by atoms with Gasteiger partial charge in [-0.2, -0.15) is 13.2 Å². The Kier molecular flexibility index (Phi) is 7.67. The summed E-state index contributed by atoms with van der Waals surface area (Å²) in [5.74, 6) is 1.28. The molecule has 6 heteroatoms. The van der Waals surface area contributed by atoms with Gasteiger partial charge in [0.05, 0.1) is 12.7 Å². The average Bonchev–Trinajstić information content (AvgIpc) is 3.19. The van der Waals surface area contributed by atoms with Crippen LogP contribution in [0.15, 0.2) is 66.9 Å². The van der Waals surface area contributed by atoms with Crippen LogP contribution in [0.1, 0.15) is 43.2 Å². The summed E-state index contributed by atoms with van der Waals surface area (Å²) in [6, 6.07) is 17.9. The molecular formula is C26H31F3N2O. The minimum atomic E-state index is -4.34. The molecule has 0 spiro atoms. The predicted molar refractivity (Wildman–Crippen MR) is 122 cm³/mol. The van der Waals surface area contributed by atoms with Gasteiger partial charge in [0, 0.05) is 37.6 Å². The molecule has 3 aromatic rings. The van der Waals surface area contributed by atoms with Crippen LogP contribution in [0.3, 0.4) is 0 Å². The number of halogens is 3. The standard InChI is InChI=1S/C26H31F3N2O/c1-19(2)20(3)31(17-22-9-6-12-25(15-22)32-4)18-24-11-7-13-30(24)16-21-8-5-10-23(14-21)26(27,28)29/h5-15,19-20H,16-18H2,1-4H3/t20-/m1/s1. The fourth-order valence-corrected chi connectivity index (χ4v) is 3.77. The van der Waals surface area contributed by atoms with Crippen LogP contribution in [0.2, 0.25) is 0 Å². The molecule has 0 radical (unpaired) electrons. The number of aromatic nitrogens is 1. The van der Waals surface area contributed by atoms with Crippen LogP contribution in [-0.4, -0.2) is 22.6 Å². The topological polar surface area (TPSA) is 17.4 Å². The first-order chi connectivity index (χ1) is 15.2. The molecule has 0 saturated carbocycles. The van der Waals surface area contributed by atoms with Crippen LogP contribution in [-0.2, 0) is 25.8 Å². The van der Waals surface area contributed by atoms with Crippen molar-refractivity contribution in [2.24, 2.45) is 5.92 Å². The zero-order chi connectivity index (χ0) is 23.3. The normalized spacial score (nSPS) is 13.0. The monoisotopic (exact) mass is 444 g/mol. The van der Waals surface area contributed by atoms with Crippen LogP contribution in [0.4, 0.5) is 13.2 Å². The number of hydrogen-bond acceptors (Lipinski definition) is 2. The Morgan fingerprint density at radius 1 is 0.906 bits per heavy atom. The van der Waals surface area contributed by atoms with Crippen molar-refractivity contribution in [1.29, 1.82) is 0 Å². The van der Waals surface area contributed by atoms with Crippen LogP contribution < -0.4 is 4.74 Å². The summed E-state index contributed by atoms with van der Waals surface area (Å²) in [6.07, 6.45) is -2.41. The van der Waals surface area contributed by atoms with Crippen molar-refractivity contribution in [1.82, 2.24) is 9.47 Å². The molecule has 0 N–H and O–H groups in total. The number of rotatable bonds is 9. The smallest absolute Gasteiger partial charge is 0.416 e. The van der Waals surface area contributed by atoms with E-state index in [2.05, 4.69) is 31.7 Å². The molecule has 1 aromatic heterocycles. The molecule has 1 atom stereocenters. The second-order valence-electron chi connectivity index (χ2n) is 8.57. The van der Waals surface area contributed by atoms with Crippen molar-refractivity contribution in [3.05, 3.63) is 89.2 Å². The van der Waals surface area contributed by atoms with Crippen molar-refractivity contribution in [3.8, 4) is 5.75 Å². The molecule has 32 heavy (non-hydrogen) atoms. The van der Waals surface area contributed by atoms with E-state index >= 15 is 0 Å². The van der Waals surface area contributed by atoms with E-state index in [1.54, 1.807) is 13.2 Å². The number of methoxy groups -OCH3 is 1. The fourth-order valence-electron chi connectivity index (χ4n) is 3.77. The van der Waals surface area contributed by atoms with E-state index in [-0.39, 0.29) is 0 Å². The van der Waals surface area contributed by atoms with Gasteiger partial charge >= 0.3 is 6.18 Å². The maximum atomic E-state index is 13.1. The first-order valence-corrected chi connectivity index (χ1v) is 10.8. The van der Waals surface area contributed by atoms with Crippen LogP contribution in [0.5, 0.6) is 5.75 Å². The van der Waals surface area contributed by atoms with E-state index in [1.807, 2.05) is 41.1 Å². The van der Waals surface area contributed by atoms with Gasteiger partial charge in [-0.15, -0.1) is 0 Å². The van der Waals surface area contributed by atoms with Crippen LogP contribution in [0, 0.1) is 5.92 Å². The summed E-state index contributed by atoms with van der Waals surface area (Å²) >= 11 is 0. The zero-order valence-corrected chi connectivity index (χ0v) is 19.1. The Labute approximate surface area is 188 Å². The van der Waals surface area contributed by atoms with Gasteiger partial charge in [0.2, 0.25) is 0 Å². The SMILES string of the molecule is COc1cccc(CN(Cc2cccn2Cc2cccc(C(F)(F)F)c2)[C@H](C)C(C)C)c1. The van der Waals surface area contributed by atoms with Gasteiger partial charge in [0.1, 0.15) is 5.75 Å². The number of nitrogens with zero attached hydrogens (tertiary/aromatic N) is 2. The molecule has 0 saturated heterocycles. The molecule has 2 aromatic carbocycles. The minimum absolute atomic E-state index is 0.318. The second-order valence-corrected chi connectivity index (χ2v) is 8.57. The van der Waals surface area contributed by atoms with E-state index in [1.165, 1.54) is 12.1 Å². The van der Waals surface area contributed by atoms with Gasteiger partial charge < -0.3 is 9.30 Å². The summed E-state index contributed by atoms with van der Waals surface area (Å²) in [5.41, 5.74) is 2.25. The molecule has 0 bridgehead atoms. The molecule has 0 aliphatic rings. The Balaban J connectivity index is 1.81. The maximum Gasteiger partial charge on any atom is 0.416 e. The highest BCUT2D eigenvalue weighted by atomic mass is 19.4. The largest absolute Gasteiger partial charge is 0.497 e. The van der Waals surface area contributed by atoms with E-state index < -0.39 is 11.7 Å². The minimum Gasteiger partial charge on any atom is -0.497 e. The van der Waals surface area contributed by atoms with E-state index in [9.17, 15) is 13.2 Å². The molecule has 0 unspecified atom stereocenters. The van der Waals surface area contributed by atoms with Crippen molar-refractivity contribution in [2.75, 3.05) is 7.11 Å². The van der Waals surface area contributed by atoms with Gasteiger partial charge in [-0.05, 0) is 60.4 Å². The molecule has 0 amide bonds. The fraction of sp³-hybridized carbons (Fsp3) is 0.385. The van der Waals surface area contributed by atoms with Gasteiger partial charge in [0.15, 0.2) is 0 Å². The zero-order valence-electron chi connectivity index (χ0n) is 19.1. The highest BCUT2D eigenvalue weighted by Gasteiger charge is 2.30. The van der Waals surface area contributed by atoms with Gasteiger partial charge in [0.25, 0.3) is 0 Å². The number of ether oxygens (including phenoxy) is 1. The number of hydrogen-bond donors (Lipinski definition) is 0. The Morgan fingerprint density at radius 3 is 2.31 bits per heavy atom.